The smallest absolute Gasteiger partial charge is 0.262 e. The number of para-hydroxylation sites is 2. The molecular weight excluding hydrogens is 400 g/mol. The van der Waals surface area contributed by atoms with E-state index < -0.39 is 10.0 Å². The fourth-order valence-electron chi connectivity index (χ4n) is 3.62. The maximum absolute atomic E-state index is 13.2. The van der Waals surface area contributed by atoms with Crippen molar-refractivity contribution in [2.45, 2.75) is 32.6 Å². The number of carbonyl (C=O) groups excluding carboxylic acids is 1. The molecule has 154 valence electrons. The quantitative estimate of drug-likeness (QED) is 0.616. The Morgan fingerprint density at radius 1 is 0.867 bits per heavy atom. The van der Waals surface area contributed by atoms with Crippen LogP contribution in [0.2, 0.25) is 0 Å². The summed E-state index contributed by atoms with van der Waals surface area (Å²) in [6, 6.07) is 13.8. The number of benzene rings is 3. The fourth-order valence-corrected chi connectivity index (χ4v) is 5.28. The van der Waals surface area contributed by atoms with E-state index in [4.69, 9.17) is 4.74 Å². The van der Waals surface area contributed by atoms with Gasteiger partial charge in [-0.15, -0.1) is 0 Å². The zero-order valence-electron chi connectivity index (χ0n) is 17.2. The zero-order valence-corrected chi connectivity index (χ0v) is 18.0. The van der Waals surface area contributed by atoms with Gasteiger partial charge in [0.1, 0.15) is 5.75 Å². The molecule has 1 aliphatic heterocycles. The van der Waals surface area contributed by atoms with Crippen LogP contribution in [-0.2, 0) is 10.0 Å². The second-order valence-electron chi connectivity index (χ2n) is 7.46. The van der Waals surface area contributed by atoms with Gasteiger partial charge in [-0.3, -0.25) is 9.52 Å². The molecule has 1 heterocycles. The van der Waals surface area contributed by atoms with Crippen molar-refractivity contribution in [3.05, 3.63) is 76.3 Å². The van der Waals surface area contributed by atoms with E-state index in [1.54, 1.807) is 44.2 Å². The van der Waals surface area contributed by atoms with Crippen LogP contribution in [0.5, 0.6) is 11.5 Å². The molecule has 0 saturated carbocycles. The number of anilines is 2. The van der Waals surface area contributed by atoms with Crippen molar-refractivity contribution >= 4 is 27.3 Å². The van der Waals surface area contributed by atoms with Crippen molar-refractivity contribution in [3.63, 3.8) is 0 Å². The monoisotopic (exact) mass is 422 g/mol. The van der Waals surface area contributed by atoms with Crippen molar-refractivity contribution in [1.82, 2.24) is 0 Å². The average molecular weight is 423 g/mol. The number of rotatable bonds is 3. The Morgan fingerprint density at radius 3 is 2.23 bits per heavy atom. The lowest BCUT2D eigenvalue weighted by atomic mass is 10.0. The lowest BCUT2D eigenvalue weighted by Crippen LogP contribution is -2.18. The predicted octanol–water partition coefficient (Wildman–Crippen LogP) is 5.08. The van der Waals surface area contributed by atoms with E-state index in [9.17, 15) is 13.2 Å². The van der Waals surface area contributed by atoms with Crippen molar-refractivity contribution in [1.29, 1.82) is 0 Å². The molecule has 0 aromatic heterocycles. The highest BCUT2D eigenvalue weighted by atomic mass is 32.2. The van der Waals surface area contributed by atoms with Crippen LogP contribution in [-0.4, -0.2) is 14.3 Å². The summed E-state index contributed by atoms with van der Waals surface area (Å²) in [5, 5.41) is 2.79. The minimum atomic E-state index is -3.85. The van der Waals surface area contributed by atoms with Crippen LogP contribution in [0.1, 0.15) is 32.6 Å². The number of hydrogen-bond donors (Lipinski definition) is 2. The molecule has 0 saturated heterocycles. The summed E-state index contributed by atoms with van der Waals surface area (Å²) in [6.45, 7) is 7.38. The number of carbonyl (C=O) groups is 1. The minimum absolute atomic E-state index is 0.250. The van der Waals surface area contributed by atoms with Crippen LogP contribution in [0, 0.1) is 27.7 Å². The summed E-state index contributed by atoms with van der Waals surface area (Å²) in [5.41, 5.74) is 4.32. The van der Waals surface area contributed by atoms with Gasteiger partial charge in [0.05, 0.1) is 16.1 Å². The highest BCUT2D eigenvalue weighted by molar-refractivity contribution is 7.92. The summed E-state index contributed by atoms with van der Waals surface area (Å²) in [7, 11) is -3.85. The van der Waals surface area contributed by atoms with Crippen LogP contribution in [0.3, 0.4) is 0 Å². The van der Waals surface area contributed by atoms with Crippen LogP contribution < -0.4 is 14.8 Å². The first kappa shape index (κ1) is 20.0. The van der Waals surface area contributed by atoms with Gasteiger partial charge in [-0.05, 0) is 80.3 Å². The molecule has 3 aromatic rings. The molecule has 0 atom stereocenters. The van der Waals surface area contributed by atoms with Gasteiger partial charge in [-0.25, -0.2) is 8.42 Å². The maximum atomic E-state index is 13.2. The highest BCUT2D eigenvalue weighted by Gasteiger charge is 2.25. The van der Waals surface area contributed by atoms with Gasteiger partial charge < -0.3 is 10.1 Å². The van der Waals surface area contributed by atoms with Gasteiger partial charge in [0.2, 0.25) is 0 Å². The molecule has 1 aliphatic rings. The Labute approximate surface area is 176 Å². The molecule has 30 heavy (non-hydrogen) atoms. The van der Waals surface area contributed by atoms with E-state index in [1.165, 1.54) is 6.07 Å². The summed E-state index contributed by atoms with van der Waals surface area (Å²) >= 11 is 0. The van der Waals surface area contributed by atoms with Crippen molar-refractivity contribution in [2.75, 3.05) is 10.0 Å². The first-order valence-corrected chi connectivity index (χ1v) is 11.0. The third kappa shape index (κ3) is 3.41. The van der Waals surface area contributed by atoms with Crippen molar-refractivity contribution in [2.24, 2.45) is 0 Å². The van der Waals surface area contributed by atoms with E-state index in [0.29, 0.717) is 28.3 Å². The summed E-state index contributed by atoms with van der Waals surface area (Å²) in [5.74, 6) is 0.522. The molecular formula is C23H22N2O4S. The lowest BCUT2D eigenvalue weighted by Gasteiger charge is -2.17. The molecule has 0 unspecified atom stereocenters. The minimum Gasteiger partial charge on any atom is -0.454 e. The topological polar surface area (TPSA) is 84.5 Å². The molecule has 6 nitrogen and oxygen atoms in total. The third-order valence-corrected chi connectivity index (χ3v) is 7.05. The van der Waals surface area contributed by atoms with E-state index in [-0.39, 0.29) is 22.1 Å². The predicted molar refractivity (Wildman–Crippen MR) is 117 cm³/mol. The molecule has 2 N–H and O–H groups in total. The van der Waals surface area contributed by atoms with E-state index in [2.05, 4.69) is 10.0 Å². The van der Waals surface area contributed by atoms with Crippen LogP contribution >= 0.6 is 0 Å². The number of ether oxygens (including phenoxy) is 1. The SMILES string of the molecule is Cc1cc(C)c(C)c(S(=O)(=O)Nc2ccc3c(c2)C(=O)Nc2ccccc2O3)c1C. The van der Waals surface area contributed by atoms with E-state index in [0.717, 1.165) is 11.1 Å². The number of sulfonamides is 1. The van der Waals surface area contributed by atoms with Gasteiger partial charge in [0.15, 0.2) is 5.75 Å². The lowest BCUT2D eigenvalue weighted by molar-refractivity contribution is 0.102. The molecule has 1 amide bonds. The number of fused-ring (bicyclic) bond motifs is 2. The number of hydrogen-bond acceptors (Lipinski definition) is 4. The molecule has 0 bridgehead atoms. The number of amides is 1. The first-order valence-electron chi connectivity index (χ1n) is 9.50. The Bertz CT molecular complexity index is 1270. The second-order valence-corrected chi connectivity index (χ2v) is 9.08. The Hall–Kier alpha value is -3.32. The standard InChI is InChI=1S/C23H22N2O4S/c1-13-11-14(2)16(4)22(15(13)3)30(27,28)25-17-9-10-20-18(12-17)23(26)24-19-7-5-6-8-21(19)29-20/h5-12,25H,1-4H3,(H,24,26). The average Bonchev–Trinajstić information content (AvgIpc) is 2.82. The second kappa shape index (κ2) is 7.18. The summed E-state index contributed by atoms with van der Waals surface area (Å²) in [4.78, 5) is 13.0. The zero-order chi connectivity index (χ0) is 21.6. The van der Waals surface area contributed by atoms with Gasteiger partial charge in [0, 0.05) is 5.69 Å². The molecule has 0 spiro atoms. The van der Waals surface area contributed by atoms with Crippen LogP contribution in [0.4, 0.5) is 11.4 Å². The number of aryl methyl sites for hydroxylation is 2. The van der Waals surface area contributed by atoms with Gasteiger partial charge in [-0.2, -0.15) is 0 Å². The highest BCUT2D eigenvalue weighted by Crippen LogP contribution is 2.37. The molecule has 0 aliphatic carbocycles. The van der Waals surface area contributed by atoms with Crippen LogP contribution in [0.25, 0.3) is 0 Å². The van der Waals surface area contributed by atoms with Gasteiger partial charge in [0.25, 0.3) is 15.9 Å². The summed E-state index contributed by atoms with van der Waals surface area (Å²) < 4.78 is 34.9. The Kier molecular flexibility index (Phi) is 4.78. The van der Waals surface area contributed by atoms with Crippen molar-refractivity contribution < 1.29 is 17.9 Å². The summed E-state index contributed by atoms with van der Waals surface area (Å²) in [6.07, 6.45) is 0. The normalized spacial score (nSPS) is 12.9. The largest absolute Gasteiger partial charge is 0.454 e. The molecule has 3 aromatic carbocycles. The first-order chi connectivity index (χ1) is 14.2. The Morgan fingerprint density at radius 2 is 1.53 bits per heavy atom. The van der Waals surface area contributed by atoms with Crippen LogP contribution in [0.15, 0.2) is 53.4 Å². The molecule has 7 heteroatoms. The number of nitrogens with one attached hydrogen (secondary N) is 2. The molecule has 0 radical (unpaired) electrons. The third-order valence-electron chi connectivity index (χ3n) is 5.40. The molecule has 4 rings (SSSR count). The van der Waals surface area contributed by atoms with E-state index >= 15 is 0 Å². The van der Waals surface area contributed by atoms with Gasteiger partial charge >= 0.3 is 0 Å². The van der Waals surface area contributed by atoms with Crippen molar-refractivity contribution in [3.8, 4) is 11.5 Å². The van der Waals surface area contributed by atoms with E-state index in [1.807, 2.05) is 26.0 Å². The maximum Gasteiger partial charge on any atom is 0.262 e. The van der Waals surface area contributed by atoms with Gasteiger partial charge in [-0.1, -0.05) is 18.2 Å². The molecule has 0 fully saturated rings. The Balaban J connectivity index is 1.73. The fraction of sp³-hybridized carbons (Fsp3) is 0.174.